The Hall–Kier alpha value is -0.370. The molecule has 0 saturated carbocycles. The van der Waals surface area contributed by atoms with Crippen LogP contribution in [0.2, 0.25) is 0 Å². The standard InChI is InChI=1S/C12H25NO/c1-9(2)11(14)12(5,6)7-8-13-10(3)4/h9-10,13H,7-8H2,1-6H3. The summed E-state index contributed by atoms with van der Waals surface area (Å²) in [5.74, 6) is 0.507. The highest BCUT2D eigenvalue weighted by molar-refractivity contribution is 5.85. The summed E-state index contributed by atoms with van der Waals surface area (Å²) in [7, 11) is 0. The van der Waals surface area contributed by atoms with Gasteiger partial charge in [0.15, 0.2) is 0 Å². The summed E-state index contributed by atoms with van der Waals surface area (Å²) < 4.78 is 0. The van der Waals surface area contributed by atoms with E-state index in [0.29, 0.717) is 11.8 Å². The molecule has 2 heteroatoms. The molecule has 0 saturated heterocycles. The first-order valence-electron chi connectivity index (χ1n) is 5.55. The second-order valence-corrected chi connectivity index (χ2v) is 5.26. The fourth-order valence-electron chi connectivity index (χ4n) is 1.58. The topological polar surface area (TPSA) is 29.1 Å². The molecule has 0 aromatic heterocycles. The van der Waals surface area contributed by atoms with Crippen molar-refractivity contribution in [1.29, 1.82) is 0 Å². The molecule has 0 radical (unpaired) electrons. The lowest BCUT2D eigenvalue weighted by Crippen LogP contribution is -2.34. The summed E-state index contributed by atoms with van der Waals surface area (Å²) in [5, 5.41) is 3.34. The second kappa shape index (κ2) is 5.50. The van der Waals surface area contributed by atoms with E-state index in [1.54, 1.807) is 0 Å². The van der Waals surface area contributed by atoms with E-state index >= 15 is 0 Å². The van der Waals surface area contributed by atoms with Crippen LogP contribution in [0.25, 0.3) is 0 Å². The van der Waals surface area contributed by atoms with Crippen molar-refractivity contribution in [1.82, 2.24) is 5.32 Å². The number of rotatable bonds is 6. The summed E-state index contributed by atoms with van der Waals surface area (Å²) in [6, 6.07) is 0.500. The van der Waals surface area contributed by atoms with E-state index in [0.717, 1.165) is 13.0 Å². The molecule has 0 aliphatic carbocycles. The highest BCUT2D eigenvalue weighted by Crippen LogP contribution is 2.24. The summed E-state index contributed by atoms with van der Waals surface area (Å²) in [6.07, 6.45) is 0.919. The summed E-state index contributed by atoms with van der Waals surface area (Å²) in [6.45, 7) is 13.2. The van der Waals surface area contributed by atoms with E-state index < -0.39 is 0 Å². The van der Waals surface area contributed by atoms with E-state index in [4.69, 9.17) is 0 Å². The van der Waals surface area contributed by atoms with Gasteiger partial charge < -0.3 is 5.32 Å². The van der Waals surface area contributed by atoms with Gasteiger partial charge in [0.2, 0.25) is 0 Å². The summed E-state index contributed by atoms with van der Waals surface area (Å²) in [5.41, 5.74) is -0.184. The van der Waals surface area contributed by atoms with Crippen LogP contribution in [0.15, 0.2) is 0 Å². The van der Waals surface area contributed by atoms with Crippen LogP contribution in [0.4, 0.5) is 0 Å². The van der Waals surface area contributed by atoms with Gasteiger partial charge in [0.25, 0.3) is 0 Å². The highest BCUT2D eigenvalue weighted by Gasteiger charge is 2.28. The van der Waals surface area contributed by atoms with Gasteiger partial charge in [-0.1, -0.05) is 41.5 Å². The molecule has 0 heterocycles. The van der Waals surface area contributed by atoms with Crippen molar-refractivity contribution in [2.24, 2.45) is 11.3 Å². The lowest BCUT2D eigenvalue weighted by Gasteiger charge is -2.25. The first kappa shape index (κ1) is 13.6. The van der Waals surface area contributed by atoms with E-state index in [-0.39, 0.29) is 11.3 Å². The van der Waals surface area contributed by atoms with Crippen molar-refractivity contribution in [3.05, 3.63) is 0 Å². The van der Waals surface area contributed by atoms with Crippen LogP contribution < -0.4 is 5.32 Å². The van der Waals surface area contributed by atoms with Gasteiger partial charge in [0.1, 0.15) is 5.78 Å². The molecule has 0 rings (SSSR count). The van der Waals surface area contributed by atoms with Crippen molar-refractivity contribution >= 4 is 5.78 Å². The van der Waals surface area contributed by atoms with Crippen LogP contribution in [0.1, 0.15) is 48.0 Å². The Kier molecular flexibility index (Phi) is 5.35. The minimum atomic E-state index is -0.184. The van der Waals surface area contributed by atoms with Gasteiger partial charge in [-0.2, -0.15) is 0 Å². The molecule has 0 aromatic rings. The molecule has 14 heavy (non-hydrogen) atoms. The quantitative estimate of drug-likeness (QED) is 0.712. The van der Waals surface area contributed by atoms with Crippen molar-refractivity contribution in [3.8, 4) is 0 Å². The number of hydrogen-bond donors (Lipinski definition) is 1. The minimum absolute atomic E-state index is 0.143. The monoisotopic (exact) mass is 199 g/mol. The smallest absolute Gasteiger partial charge is 0.141 e. The number of hydrogen-bond acceptors (Lipinski definition) is 2. The maximum absolute atomic E-state index is 11.8. The SMILES string of the molecule is CC(C)NCCC(C)(C)C(=O)C(C)C. The molecule has 0 spiro atoms. The molecule has 1 N–H and O–H groups in total. The fraction of sp³-hybridized carbons (Fsp3) is 0.917. The van der Waals surface area contributed by atoms with Gasteiger partial charge in [-0.05, 0) is 13.0 Å². The van der Waals surface area contributed by atoms with Gasteiger partial charge in [-0.25, -0.2) is 0 Å². The van der Waals surface area contributed by atoms with Crippen LogP contribution in [0.3, 0.4) is 0 Å². The third-order valence-corrected chi connectivity index (χ3v) is 2.49. The highest BCUT2D eigenvalue weighted by atomic mass is 16.1. The van der Waals surface area contributed by atoms with Crippen LogP contribution >= 0.6 is 0 Å². The Morgan fingerprint density at radius 2 is 1.71 bits per heavy atom. The summed E-state index contributed by atoms with van der Waals surface area (Å²) in [4.78, 5) is 11.8. The van der Waals surface area contributed by atoms with Crippen molar-refractivity contribution in [2.75, 3.05) is 6.54 Å². The normalized spacial score (nSPS) is 12.6. The minimum Gasteiger partial charge on any atom is -0.314 e. The third kappa shape index (κ3) is 4.75. The molecule has 0 aliphatic heterocycles. The molecule has 0 fully saturated rings. The second-order valence-electron chi connectivity index (χ2n) is 5.26. The molecule has 0 bridgehead atoms. The average Bonchev–Trinajstić information content (AvgIpc) is 2.01. The Morgan fingerprint density at radius 3 is 2.07 bits per heavy atom. The van der Waals surface area contributed by atoms with E-state index in [1.807, 2.05) is 27.7 Å². The van der Waals surface area contributed by atoms with E-state index in [1.165, 1.54) is 0 Å². The summed E-state index contributed by atoms with van der Waals surface area (Å²) >= 11 is 0. The molecule has 0 unspecified atom stereocenters. The van der Waals surface area contributed by atoms with Crippen LogP contribution in [-0.4, -0.2) is 18.4 Å². The Morgan fingerprint density at radius 1 is 1.21 bits per heavy atom. The lowest BCUT2D eigenvalue weighted by molar-refractivity contribution is -0.130. The van der Waals surface area contributed by atoms with Crippen LogP contribution in [-0.2, 0) is 4.79 Å². The van der Waals surface area contributed by atoms with Gasteiger partial charge in [-0.3, -0.25) is 4.79 Å². The number of carbonyl (C=O) groups excluding carboxylic acids is 1. The van der Waals surface area contributed by atoms with Crippen LogP contribution in [0, 0.1) is 11.3 Å². The van der Waals surface area contributed by atoms with E-state index in [9.17, 15) is 4.79 Å². The molecule has 2 nitrogen and oxygen atoms in total. The first-order valence-corrected chi connectivity index (χ1v) is 5.55. The first-order chi connectivity index (χ1) is 6.27. The number of ketones is 1. The molecule has 84 valence electrons. The largest absolute Gasteiger partial charge is 0.314 e. The predicted molar refractivity (Wildman–Crippen MR) is 61.4 cm³/mol. The maximum atomic E-state index is 11.8. The Bertz CT molecular complexity index is 183. The van der Waals surface area contributed by atoms with Gasteiger partial charge in [0.05, 0.1) is 0 Å². The number of carbonyl (C=O) groups is 1. The zero-order valence-corrected chi connectivity index (χ0v) is 10.5. The van der Waals surface area contributed by atoms with Gasteiger partial charge in [0, 0.05) is 17.4 Å². The molecular formula is C12H25NO. The van der Waals surface area contributed by atoms with Gasteiger partial charge >= 0.3 is 0 Å². The molecule has 0 aliphatic rings. The zero-order chi connectivity index (χ0) is 11.4. The Balaban J connectivity index is 4.01. The molecular weight excluding hydrogens is 174 g/mol. The fourth-order valence-corrected chi connectivity index (χ4v) is 1.58. The molecule has 0 amide bonds. The molecule has 0 aromatic carbocycles. The lowest BCUT2D eigenvalue weighted by atomic mass is 9.80. The number of nitrogens with one attached hydrogen (secondary N) is 1. The number of Topliss-reactive ketones (excluding diaryl/α,β-unsaturated/α-hetero) is 1. The Labute approximate surface area is 88.5 Å². The average molecular weight is 199 g/mol. The maximum Gasteiger partial charge on any atom is 0.141 e. The van der Waals surface area contributed by atoms with Crippen molar-refractivity contribution in [2.45, 2.75) is 54.0 Å². The van der Waals surface area contributed by atoms with Crippen molar-refractivity contribution < 1.29 is 4.79 Å². The molecule has 0 atom stereocenters. The zero-order valence-electron chi connectivity index (χ0n) is 10.5. The van der Waals surface area contributed by atoms with E-state index in [2.05, 4.69) is 19.2 Å². The third-order valence-electron chi connectivity index (χ3n) is 2.49. The van der Waals surface area contributed by atoms with Gasteiger partial charge in [-0.15, -0.1) is 0 Å². The predicted octanol–water partition coefficient (Wildman–Crippen LogP) is 2.63. The van der Waals surface area contributed by atoms with Crippen LogP contribution in [0.5, 0.6) is 0 Å². The van der Waals surface area contributed by atoms with Crippen molar-refractivity contribution in [3.63, 3.8) is 0 Å².